The first-order chi connectivity index (χ1) is 12.3. The lowest BCUT2D eigenvalue weighted by atomic mass is 9.65. The maximum absolute atomic E-state index is 12.9. The summed E-state index contributed by atoms with van der Waals surface area (Å²) in [7, 11) is 0. The predicted octanol–water partition coefficient (Wildman–Crippen LogP) is 3.16. The molecular weight excluding hydrogens is 351 g/mol. The summed E-state index contributed by atoms with van der Waals surface area (Å²) < 4.78 is 47.0. The number of esters is 1. The van der Waals surface area contributed by atoms with Crippen molar-refractivity contribution in [3.05, 3.63) is 35.9 Å². The molecule has 5 nitrogen and oxygen atoms in total. The van der Waals surface area contributed by atoms with Gasteiger partial charge in [0.1, 0.15) is 5.75 Å². The van der Waals surface area contributed by atoms with Crippen LogP contribution >= 0.6 is 0 Å². The number of nitrogens with one attached hydrogen (secondary N) is 1. The molecule has 0 aromatic heterocycles. The highest BCUT2D eigenvalue weighted by Crippen LogP contribution is 2.62. The number of anilines is 1. The Balaban J connectivity index is 1.84. The molecule has 3 aliphatic rings. The van der Waals surface area contributed by atoms with Crippen molar-refractivity contribution in [2.24, 2.45) is 17.8 Å². The fourth-order valence-electron chi connectivity index (χ4n) is 4.67. The molecule has 1 amide bonds. The van der Waals surface area contributed by atoms with Gasteiger partial charge in [-0.05, 0) is 48.9 Å². The normalized spacial score (nSPS) is 31.2. The first-order valence-electron chi connectivity index (χ1n) is 8.34. The molecule has 2 aliphatic carbocycles. The van der Waals surface area contributed by atoms with Gasteiger partial charge in [0.15, 0.2) is 0 Å². The second-order valence-electron chi connectivity index (χ2n) is 6.70. The van der Waals surface area contributed by atoms with E-state index in [1.165, 1.54) is 12.1 Å². The van der Waals surface area contributed by atoms with Crippen LogP contribution < -0.4 is 10.1 Å². The number of carbonyl (C=O) groups is 2. The number of alkyl halides is 3. The van der Waals surface area contributed by atoms with Gasteiger partial charge < -0.3 is 14.8 Å². The van der Waals surface area contributed by atoms with Crippen LogP contribution in [0.2, 0.25) is 0 Å². The van der Waals surface area contributed by atoms with Crippen molar-refractivity contribution in [2.75, 3.05) is 11.9 Å². The van der Waals surface area contributed by atoms with Gasteiger partial charge in [-0.3, -0.25) is 9.59 Å². The van der Waals surface area contributed by atoms with Crippen LogP contribution in [0.4, 0.5) is 18.9 Å². The smallest absolute Gasteiger partial charge is 0.466 e. The van der Waals surface area contributed by atoms with Gasteiger partial charge in [-0.2, -0.15) is 0 Å². The zero-order valence-corrected chi connectivity index (χ0v) is 13.8. The molecule has 1 aliphatic heterocycles. The third-order valence-corrected chi connectivity index (χ3v) is 5.46. The van der Waals surface area contributed by atoms with E-state index in [0.29, 0.717) is 17.7 Å². The zero-order chi connectivity index (χ0) is 18.7. The van der Waals surface area contributed by atoms with Crippen molar-refractivity contribution in [1.29, 1.82) is 0 Å². The lowest BCUT2D eigenvalue weighted by Crippen LogP contribution is -2.48. The van der Waals surface area contributed by atoms with Crippen LogP contribution in [0.15, 0.2) is 30.4 Å². The van der Waals surface area contributed by atoms with Crippen molar-refractivity contribution in [3.8, 4) is 5.75 Å². The van der Waals surface area contributed by atoms with E-state index in [1.54, 1.807) is 6.92 Å². The molecular formula is C18H16F3NO4. The highest BCUT2D eigenvalue weighted by Gasteiger charge is 2.67. The number of fused-ring (bicyclic) bond motifs is 5. The van der Waals surface area contributed by atoms with Gasteiger partial charge in [0.2, 0.25) is 5.91 Å². The molecule has 4 rings (SSSR count). The summed E-state index contributed by atoms with van der Waals surface area (Å²) in [4.78, 5) is 25.6. The second kappa shape index (κ2) is 5.49. The molecule has 1 spiro atoms. The molecule has 0 saturated heterocycles. The monoisotopic (exact) mass is 367 g/mol. The van der Waals surface area contributed by atoms with E-state index < -0.39 is 29.4 Å². The minimum Gasteiger partial charge on any atom is -0.466 e. The number of benzene rings is 1. The fourth-order valence-corrected chi connectivity index (χ4v) is 4.67. The number of halogens is 3. The summed E-state index contributed by atoms with van der Waals surface area (Å²) in [6.07, 6.45) is -0.502. The molecule has 4 atom stereocenters. The van der Waals surface area contributed by atoms with Crippen LogP contribution in [-0.2, 0) is 19.7 Å². The molecule has 138 valence electrons. The SMILES string of the molecule is CCOC(=O)[C@H]1[C@@H]2C=C[C@@H](C2)[C@]12C(=O)Nc1ccc(OC(F)(F)F)cc12. The van der Waals surface area contributed by atoms with Gasteiger partial charge in [0.25, 0.3) is 0 Å². The van der Waals surface area contributed by atoms with E-state index in [2.05, 4.69) is 10.1 Å². The first kappa shape index (κ1) is 16.9. The van der Waals surface area contributed by atoms with Gasteiger partial charge in [-0.25, -0.2) is 0 Å². The number of ether oxygens (including phenoxy) is 2. The summed E-state index contributed by atoms with van der Waals surface area (Å²) in [5, 5.41) is 2.71. The summed E-state index contributed by atoms with van der Waals surface area (Å²) in [6, 6.07) is 3.73. The molecule has 2 bridgehead atoms. The number of carbonyl (C=O) groups excluding carboxylic acids is 2. The molecule has 1 heterocycles. The minimum atomic E-state index is -4.84. The van der Waals surface area contributed by atoms with Crippen LogP contribution in [0, 0.1) is 17.8 Å². The summed E-state index contributed by atoms with van der Waals surface area (Å²) in [6.45, 7) is 1.84. The Morgan fingerprint density at radius 1 is 1.35 bits per heavy atom. The van der Waals surface area contributed by atoms with Crippen LogP contribution in [0.5, 0.6) is 5.75 Å². The minimum absolute atomic E-state index is 0.165. The largest absolute Gasteiger partial charge is 0.573 e. The number of rotatable bonds is 3. The van der Waals surface area contributed by atoms with Gasteiger partial charge in [-0.15, -0.1) is 13.2 Å². The Morgan fingerprint density at radius 2 is 2.12 bits per heavy atom. The first-order valence-corrected chi connectivity index (χ1v) is 8.34. The topological polar surface area (TPSA) is 64.6 Å². The molecule has 1 aromatic carbocycles. The molecule has 1 saturated carbocycles. The molecule has 1 N–H and O–H groups in total. The van der Waals surface area contributed by atoms with Gasteiger partial charge in [0.05, 0.1) is 17.9 Å². The van der Waals surface area contributed by atoms with Gasteiger partial charge in [0, 0.05) is 5.69 Å². The molecule has 0 unspecified atom stereocenters. The second-order valence-corrected chi connectivity index (χ2v) is 6.70. The van der Waals surface area contributed by atoms with Crippen LogP contribution in [0.3, 0.4) is 0 Å². The van der Waals surface area contributed by atoms with E-state index in [4.69, 9.17) is 4.74 Å². The standard InChI is InChI=1S/C18H16F3NO4/c1-2-25-15(23)14-9-3-4-10(7-9)17(14)12-8-11(26-18(19,20)21)5-6-13(12)22-16(17)24/h3-6,8-10,14H,2,7H2,1H3,(H,22,24)/t9-,10+,14-,17-/m1/s1. The number of allylic oxidation sites excluding steroid dienone is 2. The van der Waals surface area contributed by atoms with E-state index in [1.807, 2.05) is 12.2 Å². The Hall–Kier alpha value is -2.51. The third kappa shape index (κ3) is 2.24. The molecule has 8 heteroatoms. The average molecular weight is 367 g/mol. The quantitative estimate of drug-likeness (QED) is 0.658. The van der Waals surface area contributed by atoms with E-state index in [0.717, 1.165) is 6.07 Å². The third-order valence-electron chi connectivity index (χ3n) is 5.46. The number of amides is 1. The van der Waals surface area contributed by atoms with Crippen molar-refractivity contribution in [3.63, 3.8) is 0 Å². The van der Waals surface area contributed by atoms with Crippen molar-refractivity contribution >= 4 is 17.6 Å². The zero-order valence-electron chi connectivity index (χ0n) is 13.8. The van der Waals surface area contributed by atoms with Crippen molar-refractivity contribution in [2.45, 2.75) is 25.1 Å². The molecule has 1 fully saturated rings. The predicted molar refractivity (Wildman–Crippen MR) is 84.3 cm³/mol. The Bertz CT molecular complexity index is 819. The lowest BCUT2D eigenvalue weighted by Gasteiger charge is -2.35. The molecule has 26 heavy (non-hydrogen) atoms. The van der Waals surface area contributed by atoms with Crippen LogP contribution in [-0.4, -0.2) is 24.8 Å². The molecule has 0 radical (unpaired) electrons. The average Bonchev–Trinajstić information content (AvgIpc) is 3.21. The van der Waals surface area contributed by atoms with Crippen LogP contribution in [0.1, 0.15) is 18.9 Å². The van der Waals surface area contributed by atoms with Gasteiger partial charge in [-0.1, -0.05) is 12.2 Å². The lowest BCUT2D eigenvalue weighted by molar-refractivity contribution is -0.274. The van der Waals surface area contributed by atoms with Gasteiger partial charge >= 0.3 is 12.3 Å². The highest BCUT2D eigenvalue weighted by atomic mass is 19.4. The van der Waals surface area contributed by atoms with E-state index in [-0.39, 0.29) is 24.3 Å². The Morgan fingerprint density at radius 3 is 2.81 bits per heavy atom. The van der Waals surface area contributed by atoms with Crippen molar-refractivity contribution in [1.82, 2.24) is 0 Å². The van der Waals surface area contributed by atoms with Crippen LogP contribution in [0.25, 0.3) is 0 Å². The van der Waals surface area contributed by atoms with E-state index in [9.17, 15) is 22.8 Å². The highest BCUT2D eigenvalue weighted by molar-refractivity contribution is 6.10. The Labute approximate surface area is 147 Å². The van der Waals surface area contributed by atoms with Crippen molar-refractivity contribution < 1.29 is 32.2 Å². The number of hydrogen-bond acceptors (Lipinski definition) is 4. The summed E-state index contributed by atoms with van der Waals surface area (Å²) in [5.74, 6) is -2.52. The summed E-state index contributed by atoms with van der Waals surface area (Å²) >= 11 is 0. The number of hydrogen-bond donors (Lipinski definition) is 1. The maximum atomic E-state index is 12.9. The fraction of sp³-hybridized carbons (Fsp3) is 0.444. The summed E-state index contributed by atoms with van der Waals surface area (Å²) in [5.41, 5.74) is -0.495. The molecule has 1 aromatic rings. The Kier molecular flexibility index (Phi) is 3.58. The van der Waals surface area contributed by atoms with E-state index >= 15 is 0 Å². The maximum Gasteiger partial charge on any atom is 0.573 e.